The van der Waals surface area contributed by atoms with Gasteiger partial charge >= 0.3 is 0 Å². The normalized spacial score (nSPS) is 11.5. The predicted molar refractivity (Wildman–Crippen MR) is 124 cm³/mol. The number of aromatic nitrogens is 1. The second-order valence-corrected chi connectivity index (χ2v) is 7.24. The van der Waals surface area contributed by atoms with Crippen molar-refractivity contribution in [1.29, 1.82) is 0 Å². The predicted octanol–water partition coefficient (Wildman–Crippen LogP) is 4.62. The first-order valence-electron chi connectivity index (χ1n) is 10.4. The molecule has 0 radical (unpaired) electrons. The molecule has 0 fully saturated rings. The molecule has 8 nitrogen and oxygen atoms in total. The highest BCUT2D eigenvalue weighted by molar-refractivity contribution is 5.96. The van der Waals surface area contributed by atoms with Crippen LogP contribution in [0.1, 0.15) is 11.3 Å². The fraction of sp³-hybridized carbons (Fsp3) is 0.120. The maximum Gasteiger partial charge on any atom is 0.283 e. The molecular weight excluding hydrogens is 420 g/mol. The van der Waals surface area contributed by atoms with Crippen LogP contribution in [0.4, 0.5) is 5.69 Å². The zero-order chi connectivity index (χ0) is 23.0. The topological polar surface area (TPSA) is 109 Å². The SMILES string of the molecule is O=C(CNC(=O)/C=C/c1ccco1)N=Nc1c(O)n(CCc2ccccc2)c2ccccc12. The second-order valence-electron chi connectivity index (χ2n) is 7.24. The molecule has 33 heavy (non-hydrogen) atoms. The van der Waals surface area contributed by atoms with E-state index in [1.54, 1.807) is 16.7 Å². The van der Waals surface area contributed by atoms with Crippen LogP contribution in [0.5, 0.6) is 5.88 Å². The van der Waals surface area contributed by atoms with Gasteiger partial charge in [-0.05, 0) is 36.3 Å². The highest BCUT2D eigenvalue weighted by Gasteiger charge is 2.16. The zero-order valence-corrected chi connectivity index (χ0v) is 17.7. The van der Waals surface area contributed by atoms with Crippen LogP contribution in [0.3, 0.4) is 0 Å². The van der Waals surface area contributed by atoms with Gasteiger partial charge in [0, 0.05) is 18.0 Å². The molecule has 0 spiro atoms. The van der Waals surface area contributed by atoms with E-state index in [4.69, 9.17) is 4.42 Å². The minimum atomic E-state index is -0.643. The summed E-state index contributed by atoms with van der Waals surface area (Å²) >= 11 is 0. The number of furan rings is 1. The van der Waals surface area contributed by atoms with Gasteiger partial charge in [-0.15, -0.1) is 10.2 Å². The summed E-state index contributed by atoms with van der Waals surface area (Å²) in [5.41, 5.74) is 2.16. The first-order chi connectivity index (χ1) is 16.1. The minimum absolute atomic E-state index is 0.0610. The number of azo groups is 1. The van der Waals surface area contributed by atoms with E-state index in [2.05, 4.69) is 15.5 Å². The Morgan fingerprint density at radius 1 is 1.03 bits per heavy atom. The lowest BCUT2D eigenvalue weighted by atomic mass is 10.1. The lowest BCUT2D eigenvalue weighted by Gasteiger charge is -2.07. The number of nitrogens with zero attached hydrogens (tertiary/aromatic N) is 3. The van der Waals surface area contributed by atoms with Crippen LogP contribution in [0, 0.1) is 0 Å². The van der Waals surface area contributed by atoms with Gasteiger partial charge < -0.3 is 19.4 Å². The largest absolute Gasteiger partial charge is 0.493 e. The van der Waals surface area contributed by atoms with Crippen LogP contribution < -0.4 is 5.32 Å². The molecular formula is C25H22N4O4. The van der Waals surface area contributed by atoms with Gasteiger partial charge in [-0.1, -0.05) is 48.5 Å². The number of hydrogen-bond acceptors (Lipinski definition) is 5. The number of nitrogens with one attached hydrogen (secondary N) is 1. The number of rotatable bonds is 8. The summed E-state index contributed by atoms with van der Waals surface area (Å²) in [5, 5.41) is 21.6. The second kappa shape index (κ2) is 10.2. The average molecular weight is 442 g/mol. The summed E-state index contributed by atoms with van der Waals surface area (Å²) in [6, 6.07) is 20.8. The molecule has 166 valence electrons. The lowest BCUT2D eigenvalue weighted by molar-refractivity contribution is -0.122. The first kappa shape index (κ1) is 21.8. The molecule has 2 aromatic heterocycles. The fourth-order valence-electron chi connectivity index (χ4n) is 3.39. The number of aryl methyl sites for hydroxylation is 2. The quantitative estimate of drug-likeness (QED) is 0.306. The molecule has 0 bridgehead atoms. The summed E-state index contributed by atoms with van der Waals surface area (Å²) < 4.78 is 6.85. The van der Waals surface area contributed by atoms with Crippen LogP contribution in [-0.4, -0.2) is 28.0 Å². The Kier molecular flexibility index (Phi) is 6.75. The molecule has 2 N–H and O–H groups in total. The van der Waals surface area contributed by atoms with E-state index in [1.807, 2.05) is 54.6 Å². The lowest BCUT2D eigenvalue weighted by Crippen LogP contribution is -2.26. The number of amides is 2. The standard InChI is InChI=1S/C25H22N4O4/c30-22(13-12-19-9-6-16-33-19)26-17-23(31)27-28-24-20-10-4-5-11-21(20)29(25(24)32)15-14-18-7-2-1-3-8-18/h1-13,16,32H,14-15,17H2,(H,26,30)/b13-12+,28-27?. The Labute approximate surface area is 189 Å². The Hall–Kier alpha value is -4.46. The van der Waals surface area contributed by atoms with Crippen LogP contribution in [0.15, 0.2) is 93.7 Å². The van der Waals surface area contributed by atoms with E-state index in [-0.39, 0.29) is 18.1 Å². The van der Waals surface area contributed by atoms with Crippen LogP contribution in [0.25, 0.3) is 17.0 Å². The van der Waals surface area contributed by atoms with Gasteiger partial charge in [0.2, 0.25) is 11.8 Å². The van der Waals surface area contributed by atoms with Gasteiger partial charge in [0.1, 0.15) is 12.3 Å². The molecule has 0 unspecified atom stereocenters. The van der Waals surface area contributed by atoms with E-state index in [0.29, 0.717) is 17.7 Å². The van der Waals surface area contributed by atoms with Gasteiger partial charge in [-0.2, -0.15) is 0 Å². The van der Waals surface area contributed by atoms with Crippen molar-refractivity contribution < 1.29 is 19.1 Å². The van der Waals surface area contributed by atoms with Gasteiger partial charge in [-0.25, -0.2) is 0 Å². The van der Waals surface area contributed by atoms with Crippen molar-refractivity contribution in [1.82, 2.24) is 9.88 Å². The smallest absolute Gasteiger partial charge is 0.283 e. The molecule has 4 aromatic rings. The molecule has 0 aliphatic rings. The van der Waals surface area contributed by atoms with Crippen molar-refractivity contribution in [3.63, 3.8) is 0 Å². The molecule has 0 atom stereocenters. The zero-order valence-electron chi connectivity index (χ0n) is 17.7. The van der Waals surface area contributed by atoms with Crippen molar-refractivity contribution in [3.8, 4) is 5.88 Å². The summed E-state index contributed by atoms with van der Waals surface area (Å²) in [6.07, 6.45) is 4.97. The molecule has 0 aliphatic carbocycles. The monoisotopic (exact) mass is 442 g/mol. The Morgan fingerprint density at radius 2 is 1.82 bits per heavy atom. The van der Waals surface area contributed by atoms with Gasteiger partial charge in [-0.3, -0.25) is 9.59 Å². The van der Waals surface area contributed by atoms with E-state index in [1.165, 1.54) is 18.4 Å². The fourth-order valence-corrected chi connectivity index (χ4v) is 3.39. The summed E-state index contributed by atoms with van der Waals surface area (Å²) in [6.45, 7) is 0.218. The van der Waals surface area contributed by atoms with Crippen LogP contribution in [0.2, 0.25) is 0 Å². The highest BCUT2D eigenvalue weighted by atomic mass is 16.3. The number of para-hydroxylation sites is 1. The summed E-state index contributed by atoms with van der Waals surface area (Å²) in [5.74, 6) is -0.644. The number of hydrogen-bond donors (Lipinski definition) is 2. The third-order valence-corrected chi connectivity index (χ3v) is 5.00. The van der Waals surface area contributed by atoms with Gasteiger partial charge in [0.05, 0.1) is 11.8 Å². The summed E-state index contributed by atoms with van der Waals surface area (Å²) in [7, 11) is 0. The summed E-state index contributed by atoms with van der Waals surface area (Å²) in [4.78, 5) is 23.9. The van der Waals surface area contributed by atoms with Crippen molar-refractivity contribution in [2.75, 3.05) is 6.54 Å². The van der Waals surface area contributed by atoms with Gasteiger partial charge in [0.25, 0.3) is 5.91 Å². The number of carbonyl (C=O) groups excluding carboxylic acids is 2. The molecule has 2 heterocycles. The average Bonchev–Trinajstić information content (AvgIpc) is 3.45. The third kappa shape index (κ3) is 5.43. The van der Waals surface area contributed by atoms with Crippen molar-refractivity contribution in [3.05, 3.63) is 90.4 Å². The minimum Gasteiger partial charge on any atom is -0.493 e. The Morgan fingerprint density at radius 3 is 2.61 bits per heavy atom. The number of aromatic hydroxyl groups is 1. The molecule has 0 aliphatic heterocycles. The molecule has 8 heteroatoms. The molecule has 0 saturated heterocycles. The van der Waals surface area contributed by atoms with E-state index in [9.17, 15) is 14.7 Å². The molecule has 4 rings (SSSR count). The third-order valence-electron chi connectivity index (χ3n) is 5.00. The van der Waals surface area contributed by atoms with Crippen molar-refractivity contribution >= 4 is 34.5 Å². The Balaban J connectivity index is 1.43. The number of carbonyl (C=O) groups is 2. The molecule has 0 saturated carbocycles. The molecule has 2 amide bonds. The maximum atomic E-state index is 12.1. The van der Waals surface area contributed by atoms with Crippen LogP contribution in [-0.2, 0) is 22.6 Å². The van der Waals surface area contributed by atoms with Crippen molar-refractivity contribution in [2.45, 2.75) is 13.0 Å². The maximum absolute atomic E-state index is 12.1. The molecule has 2 aromatic carbocycles. The Bertz CT molecular complexity index is 1310. The van der Waals surface area contributed by atoms with Gasteiger partial charge in [0.15, 0.2) is 5.69 Å². The van der Waals surface area contributed by atoms with E-state index in [0.717, 1.165) is 17.5 Å². The first-order valence-corrected chi connectivity index (χ1v) is 10.4. The number of fused-ring (bicyclic) bond motifs is 1. The highest BCUT2D eigenvalue weighted by Crippen LogP contribution is 2.38. The van der Waals surface area contributed by atoms with E-state index >= 15 is 0 Å². The van der Waals surface area contributed by atoms with Crippen molar-refractivity contribution in [2.24, 2.45) is 10.2 Å². The van der Waals surface area contributed by atoms with E-state index < -0.39 is 11.8 Å². The van der Waals surface area contributed by atoms with Crippen LogP contribution >= 0.6 is 0 Å². The number of benzene rings is 2.